The molecule has 1 aliphatic rings. The van der Waals surface area contributed by atoms with Crippen molar-refractivity contribution in [2.75, 3.05) is 0 Å². The van der Waals surface area contributed by atoms with Gasteiger partial charge in [0.25, 0.3) is 0 Å². The fraction of sp³-hybridized carbons (Fsp3) is 0.0172. The molecule has 4 heteroatoms. The highest BCUT2D eigenvalue weighted by Gasteiger charge is 2.46. The summed E-state index contributed by atoms with van der Waals surface area (Å²) in [6.07, 6.45) is 0. The minimum atomic E-state index is -0.466. The fourth-order valence-electron chi connectivity index (χ4n) is 9.65. The van der Waals surface area contributed by atoms with E-state index in [1.165, 1.54) is 59.3 Å². The first-order valence-electron chi connectivity index (χ1n) is 21.0. The molecule has 12 rings (SSSR count). The highest BCUT2D eigenvalue weighted by molar-refractivity contribution is 7.26. The maximum absolute atomic E-state index is 5.30. The zero-order valence-electron chi connectivity index (χ0n) is 33.6. The molecule has 290 valence electrons. The van der Waals surface area contributed by atoms with E-state index in [0.717, 1.165) is 33.2 Å². The molecule has 0 bridgehead atoms. The van der Waals surface area contributed by atoms with Crippen molar-refractivity contribution < 1.29 is 0 Å². The van der Waals surface area contributed by atoms with Crippen LogP contribution in [0, 0.1) is 0 Å². The standard InChI is InChI=1S/C58H37N3S/c1-4-17-38(18-5-1)40-21-14-22-41(35-40)42-23-15-24-43(36-42)56-59-55(39-19-6-2-7-20-39)60-57(61-56)49-29-16-32-52-54(49)48-34-33-45(37-53(48)62-52)58(44-25-8-3-9-26-44)50-30-12-10-27-46(50)47-28-11-13-31-51(47)58/h1-37H. The molecule has 0 atom stereocenters. The number of thiophene rings is 1. The highest BCUT2D eigenvalue weighted by Crippen LogP contribution is 2.56. The van der Waals surface area contributed by atoms with Gasteiger partial charge in [-0.2, -0.15) is 0 Å². The van der Waals surface area contributed by atoms with Crippen molar-refractivity contribution >= 4 is 31.5 Å². The zero-order chi connectivity index (χ0) is 41.0. The Labute approximate surface area is 364 Å². The normalized spacial score (nSPS) is 12.6. The molecule has 0 unspecified atom stereocenters. The minimum absolute atomic E-state index is 0.466. The van der Waals surface area contributed by atoms with E-state index < -0.39 is 5.41 Å². The van der Waals surface area contributed by atoms with Crippen LogP contribution in [0.1, 0.15) is 22.3 Å². The monoisotopic (exact) mass is 807 g/mol. The smallest absolute Gasteiger partial charge is 0.164 e. The SMILES string of the molecule is c1ccc(-c2cccc(-c3cccc(-c4nc(-c5ccccc5)nc(-c5cccc6sc7cc(C8(c9ccccc9)c9ccccc9-c9ccccc98)ccc7c56)n4)c3)c2)cc1. The topological polar surface area (TPSA) is 38.7 Å². The van der Waals surface area contributed by atoms with Crippen molar-refractivity contribution in [3.05, 3.63) is 247 Å². The van der Waals surface area contributed by atoms with Gasteiger partial charge in [0.15, 0.2) is 17.5 Å². The van der Waals surface area contributed by atoms with Crippen LogP contribution >= 0.6 is 11.3 Å². The molecule has 0 aliphatic heterocycles. The predicted octanol–water partition coefficient (Wildman–Crippen LogP) is 14.9. The van der Waals surface area contributed by atoms with E-state index in [0.29, 0.717) is 17.5 Å². The Kier molecular flexibility index (Phi) is 8.58. The lowest BCUT2D eigenvalue weighted by Gasteiger charge is -2.33. The maximum atomic E-state index is 5.30. The van der Waals surface area contributed by atoms with Gasteiger partial charge in [-0.3, -0.25) is 0 Å². The first-order valence-corrected chi connectivity index (χ1v) is 21.8. The molecule has 2 aromatic heterocycles. The summed E-state index contributed by atoms with van der Waals surface area (Å²) >= 11 is 1.83. The Balaban J connectivity index is 1.02. The van der Waals surface area contributed by atoms with Crippen LogP contribution in [0.15, 0.2) is 224 Å². The molecule has 0 spiro atoms. The lowest BCUT2D eigenvalue weighted by Crippen LogP contribution is -2.28. The molecule has 0 fully saturated rings. The molecule has 0 N–H and O–H groups in total. The third-order valence-corrected chi connectivity index (χ3v) is 13.5. The Morgan fingerprint density at radius 1 is 0.306 bits per heavy atom. The number of nitrogens with zero attached hydrogens (tertiary/aromatic N) is 3. The van der Waals surface area contributed by atoms with E-state index in [4.69, 9.17) is 15.0 Å². The average Bonchev–Trinajstić information content (AvgIpc) is 3.88. The Morgan fingerprint density at radius 3 is 1.47 bits per heavy atom. The van der Waals surface area contributed by atoms with Crippen LogP contribution in [0.2, 0.25) is 0 Å². The highest BCUT2D eigenvalue weighted by atomic mass is 32.1. The summed E-state index contributed by atoms with van der Waals surface area (Å²) in [5.41, 5.74) is 14.7. The summed E-state index contributed by atoms with van der Waals surface area (Å²) in [7, 11) is 0. The molecule has 11 aromatic rings. The van der Waals surface area contributed by atoms with Crippen molar-refractivity contribution in [3.63, 3.8) is 0 Å². The van der Waals surface area contributed by atoms with Gasteiger partial charge in [-0.25, -0.2) is 15.0 Å². The molecular weight excluding hydrogens is 771 g/mol. The van der Waals surface area contributed by atoms with Crippen molar-refractivity contribution in [1.82, 2.24) is 15.0 Å². The first-order chi connectivity index (χ1) is 30.7. The molecule has 0 radical (unpaired) electrons. The van der Waals surface area contributed by atoms with E-state index in [1.54, 1.807) is 0 Å². The lowest BCUT2D eigenvalue weighted by atomic mass is 9.67. The number of fused-ring (bicyclic) bond motifs is 6. The third kappa shape index (κ3) is 5.83. The van der Waals surface area contributed by atoms with Gasteiger partial charge in [0, 0.05) is 36.9 Å². The molecule has 0 saturated heterocycles. The number of hydrogen-bond acceptors (Lipinski definition) is 4. The van der Waals surface area contributed by atoms with Crippen LogP contribution < -0.4 is 0 Å². The minimum Gasteiger partial charge on any atom is -0.208 e. The van der Waals surface area contributed by atoms with Crippen molar-refractivity contribution in [2.24, 2.45) is 0 Å². The Hall–Kier alpha value is -7.79. The largest absolute Gasteiger partial charge is 0.208 e. The van der Waals surface area contributed by atoms with Gasteiger partial charge in [-0.1, -0.05) is 200 Å². The van der Waals surface area contributed by atoms with Crippen LogP contribution in [0.25, 0.3) is 87.7 Å². The summed E-state index contributed by atoms with van der Waals surface area (Å²) < 4.78 is 2.42. The average molecular weight is 808 g/mol. The van der Waals surface area contributed by atoms with Gasteiger partial charge in [0.05, 0.1) is 5.41 Å². The third-order valence-electron chi connectivity index (χ3n) is 12.4. The van der Waals surface area contributed by atoms with Gasteiger partial charge in [-0.15, -0.1) is 11.3 Å². The molecule has 62 heavy (non-hydrogen) atoms. The Bertz CT molecular complexity index is 3420. The van der Waals surface area contributed by atoms with Crippen molar-refractivity contribution in [1.29, 1.82) is 0 Å². The summed E-state index contributed by atoms with van der Waals surface area (Å²) in [6, 6.07) is 80.5. The van der Waals surface area contributed by atoms with Crippen LogP contribution in [-0.4, -0.2) is 15.0 Å². The van der Waals surface area contributed by atoms with Crippen LogP contribution in [0.5, 0.6) is 0 Å². The zero-order valence-corrected chi connectivity index (χ0v) is 34.4. The van der Waals surface area contributed by atoms with Crippen LogP contribution in [-0.2, 0) is 5.41 Å². The molecule has 3 nitrogen and oxygen atoms in total. The molecule has 1 aliphatic carbocycles. The van der Waals surface area contributed by atoms with Gasteiger partial charge < -0.3 is 0 Å². The first kappa shape index (κ1) is 36.1. The van der Waals surface area contributed by atoms with Crippen LogP contribution in [0.4, 0.5) is 0 Å². The van der Waals surface area contributed by atoms with Crippen molar-refractivity contribution in [3.8, 4) is 67.5 Å². The molecule has 0 saturated carbocycles. The predicted molar refractivity (Wildman–Crippen MR) is 257 cm³/mol. The summed E-state index contributed by atoms with van der Waals surface area (Å²) in [4.78, 5) is 15.7. The molecule has 9 aromatic carbocycles. The number of hydrogen-bond donors (Lipinski definition) is 0. The van der Waals surface area contributed by atoms with Gasteiger partial charge in [-0.05, 0) is 79.9 Å². The molecular formula is C58H37N3S. The van der Waals surface area contributed by atoms with Gasteiger partial charge in [0.2, 0.25) is 0 Å². The second-order valence-corrected chi connectivity index (χ2v) is 17.0. The van der Waals surface area contributed by atoms with E-state index in [1.807, 2.05) is 29.5 Å². The summed E-state index contributed by atoms with van der Waals surface area (Å²) in [5, 5.41) is 2.35. The maximum Gasteiger partial charge on any atom is 0.164 e. The summed E-state index contributed by atoms with van der Waals surface area (Å²) in [6.45, 7) is 0. The van der Waals surface area contributed by atoms with E-state index >= 15 is 0 Å². The molecule has 0 amide bonds. The molecule has 2 heterocycles. The van der Waals surface area contributed by atoms with E-state index in [9.17, 15) is 0 Å². The fourth-order valence-corrected chi connectivity index (χ4v) is 10.8. The quantitative estimate of drug-likeness (QED) is 0.161. The van der Waals surface area contributed by atoms with Gasteiger partial charge in [0.1, 0.15) is 0 Å². The lowest BCUT2D eigenvalue weighted by molar-refractivity contribution is 0.770. The Morgan fingerprint density at radius 2 is 0.790 bits per heavy atom. The number of rotatable bonds is 7. The van der Waals surface area contributed by atoms with Crippen LogP contribution in [0.3, 0.4) is 0 Å². The van der Waals surface area contributed by atoms with Gasteiger partial charge >= 0.3 is 0 Å². The number of benzene rings is 9. The summed E-state index contributed by atoms with van der Waals surface area (Å²) in [5.74, 6) is 1.93. The second-order valence-electron chi connectivity index (χ2n) is 15.9. The van der Waals surface area contributed by atoms with Crippen molar-refractivity contribution in [2.45, 2.75) is 5.41 Å². The number of aromatic nitrogens is 3. The van der Waals surface area contributed by atoms with E-state index in [-0.39, 0.29) is 0 Å². The van der Waals surface area contributed by atoms with E-state index in [2.05, 4.69) is 206 Å². The second kappa shape index (κ2) is 14.7.